The molecule has 0 aliphatic carbocycles. The number of methoxy groups -OCH3 is 1. The Bertz CT molecular complexity index is 600. The molecule has 0 amide bonds. The number of esters is 1. The van der Waals surface area contributed by atoms with Gasteiger partial charge in [-0.25, -0.2) is 4.79 Å². The van der Waals surface area contributed by atoms with E-state index < -0.39 is 5.97 Å². The summed E-state index contributed by atoms with van der Waals surface area (Å²) in [5.41, 5.74) is 0.202. The molecule has 2 rings (SSSR count). The van der Waals surface area contributed by atoms with Crippen LogP contribution in [0.5, 0.6) is 0 Å². The fourth-order valence-electron chi connectivity index (χ4n) is 1.46. The van der Waals surface area contributed by atoms with Crippen LogP contribution >= 0.6 is 0 Å². The second-order valence-electron chi connectivity index (χ2n) is 3.31. The molecule has 0 fully saturated rings. The minimum atomic E-state index is -0.622. The van der Waals surface area contributed by atoms with Crippen molar-refractivity contribution in [3.8, 4) is 11.3 Å². The highest BCUT2D eigenvalue weighted by atomic mass is 16.5. The van der Waals surface area contributed by atoms with Gasteiger partial charge in [-0.2, -0.15) is 0 Å². The van der Waals surface area contributed by atoms with Crippen LogP contribution in [-0.4, -0.2) is 32.8 Å². The number of aromatic amines is 1. The Morgan fingerprint density at radius 3 is 2.82 bits per heavy atom. The number of H-pyrrole nitrogens is 1. The van der Waals surface area contributed by atoms with Crippen molar-refractivity contribution in [2.24, 2.45) is 7.05 Å². The first-order valence-electron chi connectivity index (χ1n) is 4.79. The highest BCUT2D eigenvalue weighted by Crippen LogP contribution is 2.15. The molecule has 0 atom stereocenters. The van der Waals surface area contributed by atoms with Crippen LogP contribution < -0.4 is 5.56 Å². The summed E-state index contributed by atoms with van der Waals surface area (Å²) in [5, 5.41) is 2.62. The predicted octanol–water partition coefficient (Wildman–Crippen LogP) is -0.0430. The van der Waals surface area contributed by atoms with Gasteiger partial charge < -0.3 is 4.74 Å². The summed E-state index contributed by atoms with van der Waals surface area (Å²) in [6.07, 6.45) is 4.35. The second kappa shape index (κ2) is 4.20. The SMILES string of the molecule is COC(=O)c1[nH]n(C)c(=O)c1-c1cnccn1. The summed E-state index contributed by atoms with van der Waals surface area (Å²) >= 11 is 0. The number of carbonyl (C=O) groups is 1. The van der Waals surface area contributed by atoms with Crippen LogP contribution in [0.1, 0.15) is 10.5 Å². The van der Waals surface area contributed by atoms with E-state index in [-0.39, 0.29) is 16.8 Å². The smallest absolute Gasteiger partial charge is 0.356 e. The quantitative estimate of drug-likeness (QED) is 0.736. The highest BCUT2D eigenvalue weighted by molar-refractivity contribution is 5.94. The van der Waals surface area contributed by atoms with Crippen LogP contribution in [0, 0.1) is 0 Å². The fourth-order valence-corrected chi connectivity index (χ4v) is 1.46. The number of ether oxygens (including phenoxy) is 1. The number of aromatic nitrogens is 4. The van der Waals surface area contributed by atoms with Crippen molar-refractivity contribution in [1.29, 1.82) is 0 Å². The van der Waals surface area contributed by atoms with Crippen molar-refractivity contribution in [3.63, 3.8) is 0 Å². The van der Waals surface area contributed by atoms with Gasteiger partial charge in [-0.05, 0) is 0 Å². The molecule has 0 radical (unpaired) electrons. The van der Waals surface area contributed by atoms with E-state index in [1.165, 1.54) is 37.4 Å². The molecule has 0 aromatic carbocycles. The highest BCUT2D eigenvalue weighted by Gasteiger charge is 2.21. The zero-order valence-electron chi connectivity index (χ0n) is 9.30. The van der Waals surface area contributed by atoms with E-state index in [9.17, 15) is 9.59 Å². The van der Waals surface area contributed by atoms with Crippen molar-refractivity contribution in [2.75, 3.05) is 7.11 Å². The standard InChI is InChI=1S/C10H10N4O3/c1-14-9(15)7(6-5-11-3-4-12-6)8(13-14)10(16)17-2/h3-5,13H,1-2H3. The lowest BCUT2D eigenvalue weighted by Gasteiger charge is -1.98. The number of carbonyl (C=O) groups excluding carboxylic acids is 1. The van der Waals surface area contributed by atoms with E-state index in [0.717, 1.165) is 0 Å². The summed E-state index contributed by atoms with van der Waals surface area (Å²) in [6, 6.07) is 0. The van der Waals surface area contributed by atoms with E-state index in [4.69, 9.17) is 0 Å². The van der Waals surface area contributed by atoms with E-state index in [2.05, 4.69) is 19.8 Å². The number of nitrogens with one attached hydrogen (secondary N) is 1. The predicted molar refractivity (Wildman–Crippen MR) is 58.4 cm³/mol. The third kappa shape index (κ3) is 1.82. The summed E-state index contributed by atoms with van der Waals surface area (Å²) < 4.78 is 5.79. The van der Waals surface area contributed by atoms with Crippen LogP contribution in [-0.2, 0) is 11.8 Å². The zero-order valence-corrected chi connectivity index (χ0v) is 9.30. The molecule has 0 spiro atoms. The maximum absolute atomic E-state index is 11.9. The molecule has 17 heavy (non-hydrogen) atoms. The van der Waals surface area contributed by atoms with E-state index in [0.29, 0.717) is 5.69 Å². The molecule has 2 aromatic heterocycles. The molecule has 2 aromatic rings. The van der Waals surface area contributed by atoms with Gasteiger partial charge in [0.1, 0.15) is 5.56 Å². The number of hydrogen-bond acceptors (Lipinski definition) is 5. The van der Waals surface area contributed by atoms with Gasteiger partial charge >= 0.3 is 5.97 Å². The number of rotatable bonds is 2. The van der Waals surface area contributed by atoms with Gasteiger partial charge in [0.25, 0.3) is 5.56 Å². The molecule has 0 saturated carbocycles. The Kier molecular flexibility index (Phi) is 2.73. The van der Waals surface area contributed by atoms with Gasteiger partial charge in [-0.15, -0.1) is 0 Å². The lowest BCUT2D eigenvalue weighted by molar-refractivity contribution is 0.0594. The van der Waals surface area contributed by atoms with Crippen LogP contribution in [0.4, 0.5) is 0 Å². The summed E-state index contributed by atoms with van der Waals surface area (Å²) in [5.74, 6) is -0.622. The molecule has 0 saturated heterocycles. The van der Waals surface area contributed by atoms with Crippen LogP contribution in [0.15, 0.2) is 23.4 Å². The van der Waals surface area contributed by atoms with Gasteiger partial charge in [-0.1, -0.05) is 0 Å². The topological polar surface area (TPSA) is 89.9 Å². The molecule has 0 aliphatic heterocycles. The number of hydrogen-bond donors (Lipinski definition) is 1. The molecule has 2 heterocycles. The average Bonchev–Trinajstić information content (AvgIpc) is 2.66. The molecule has 1 N–H and O–H groups in total. The lowest BCUT2D eigenvalue weighted by Crippen LogP contribution is -2.13. The first kappa shape index (κ1) is 11.1. The zero-order chi connectivity index (χ0) is 12.4. The first-order chi connectivity index (χ1) is 8.15. The fraction of sp³-hybridized carbons (Fsp3) is 0.200. The number of nitrogens with zero attached hydrogens (tertiary/aromatic N) is 3. The van der Waals surface area contributed by atoms with Crippen molar-refractivity contribution < 1.29 is 9.53 Å². The minimum absolute atomic E-state index is 0.0699. The van der Waals surface area contributed by atoms with E-state index in [1.807, 2.05) is 0 Å². The Balaban J connectivity index is 2.68. The average molecular weight is 234 g/mol. The van der Waals surface area contributed by atoms with Crippen molar-refractivity contribution in [3.05, 3.63) is 34.6 Å². The van der Waals surface area contributed by atoms with Crippen molar-refractivity contribution in [1.82, 2.24) is 19.7 Å². The molecule has 0 unspecified atom stereocenters. The maximum Gasteiger partial charge on any atom is 0.356 e. The molecular weight excluding hydrogens is 224 g/mol. The molecular formula is C10H10N4O3. The first-order valence-corrected chi connectivity index (χ1v) is 4.79. The Hall–Kier alpha value is -2.44. The van der Waals surface area contributed by atoms with Crippen LogP contribution in [0.25, 0.3) is 11.3 Å². The largest absolute Gasteiger partial charge is 0.464 e. The van der Waals surface area contributed by atoms with Crippen LogP contribution in [0.2, 0.25) is 0 Å². The molecule has 88 valence electrons. The maximum atomic E-state index is 11.9. The minimum Gasteiger partial charge on any atom is -0.464 e. The third-order valence-electron chi connectivity index (χ3n) is 2.26. The monoisotopic (exact) mass is 234 g/mol. The molecule has 7 nitrogen and oxygen atoms in total. The van der Waals surface area contributed by atoms with E-state index in [1.54, 1.807) is 0 Å². The Labute approximate surface area is 96.1 Å². The van der Waals surface area contributed by atoms with Gasteiger partial charge in [0.2, 0.25) is 0 Å². The van der Waals surface area contributed by atoms with Crippen molar-refractivity contribution >= 4 is 5.97 Å². The molecule has 0 bridgehead atoms. The normalized spacial score (nSPS) is 10.2. The van der Waals surface area contributed by atoms with Gasteiger partial charge in [0.05, 0.1) is 19.0 Å². The third-order valence-corrected chi connectivity index (χ3v) is 2.26. The van der Waals surface area contributed by atoms with Gasteiger partial charge in [-0.3, -0.25) is 24.5 Å². The lowest BCUT2D eigenvalue weighted by atomic mass is 10.2. The summed E-state index contributed by atoms with van der Waals surface area (Å²) in [7, 11) is 2.75. The van der Waals surface area contributed by atoms with Gasteiger partial charge in [0.15, 0.2) is 5.69 Å². The van der Waals surface area contributed by atoms with Gasteiger partial charge in [0, 0.05) is 19.4 Å². The Morgan fingerprint density at radius 2 is 2.24 bits per heavy atom. The van der Waals surface area contributed by atoms with Crippen LogP contribution in [0.3, 0.4) is 0 Å². The molecule has 7 heteroatoms. The molecule has 0 aliphatic rings. The van der Waals surface area contributed by atoms with Crippen molar-refractivity contribution in [2.45, 2.75) is 0 Å². The number of aryl methyl sites for hydroxylation is 1. The van der Waals surface area contributed by atoms with E-state index >= 15 is 0 Å². The summed E-state index contributed by atoms with van der Waals surface area (Å²) in [4.78, 5) is 31.2. The second-order valence-corrected chi connectivity index (χ2v) is 3.31. The Morgan fingerprint density at radius 1 is 1.47 bits per heavy atom. The summed E-state index contributed by atoms with van der Waals surface area (Å²) in [6.45, 7) is 0.